The molecule has 0 unspecified atom stereocenters. The van der Waals surface area contributed by atoms with Gasteiger partial charge in [0.15, 0.2) is 16.6 Å². The number of hydrogen-bond donors (Lipinski definition) is 1. The molecule has 0 bridgehead atoms. The fourth-order valence-corrected chi connectivity index (χ4v) is 4.40. The van der Waals surface area contributed by atoms with Crippen molar-refractivity contribution in [2.45, 2.75) is 20.5 Å². The molecule has 1 saturated heterocycles. The summed E-state index contributed by atoms with van der Waals surface area (Å²) in [7, 11) is 0. The Kier molecular flexibility index (Phi) is 7.63. The van der Waals surface area contributed by atoms with Crippen LogP contribution in [-0.2, 0) is 16.2 Å². The number of rotatable bonds is 7. The Bertz CT molecular complexity index is 1310. The van der Waals surface area contributed by atoms with Gasteiger partial charge in [0.1, 0.15) is 12.2 Å². The van der Waals surface area contributed by atoms with Gasteiger partial charge in [0.2, 0.25) is 0 Å². The summed E-state index contributed by atoms with van der Waals surface area (Å²) in [5.41, 5.74) is 3.34. The minimum Gasteiger partial charge on any atom is -0.490 e. The smallest absolute Gasteiger partial charge is 0.270 e. The monoisotopic (exact) mass is 550 g/mol. The number of anilines is 1. The first kappa shape index (κ1) is 24.6. The molecule has 0 aliphatic carbocycles. The maximum absolute atomic E-state index is 13.2. The molecule has 3 aromatic carbocycles. The van der Waals surface area contributed by atoms with Crippen LogP contribution in [0.25, 0.3) is 6.08 Å². The van der Waals surface area contributed by atoms with Crippen molar-refractivity contribution in [1.82, 2.24) is 5.32 Å². The summed E-state index contributed by atoms with van der Waals surface area (Å²) < 4.78 is 12.5. The van der Waals surface area contributed by atoms with E-state index in [9.17, 15) is 9.59 Å². The summed E-state index contributed by atoms with van der Waals surface area (Å²) in [6.07, 6.45) is 1.52. The van der Waals surface area contributed by atoms with Gasteiger partial charge in [0, 0.05) is 0 Å². The Morgan fingerprint density at radius 2 is 1.74 bits per heavy atom. The first-order valence-electron chi connectivity index (χ1n) is 11.0. The van der Waals surface area contributed by atoms with Gasteiger partial charge in [-0.2, -0.15) is 0 Å². The lowest BCUT2D eigenvalue weighted by atomic mass is 10.1. The molecule has 0 spiro atoms. The van der Waals surface area contributed by atoms with Crippen LogP contribution in [0.5, 0.6) is 11.5 Å². The summed E-state index contributed by atoms with van der Waals surface area (Å²) >= 11 is 8.81. The average molecular weight is 551 g/mol. The maximum Gasteiger partial charge on any atom is 0.270 e. The lowest BCUT2D eigenvalue weighted by Gasteiger charge is -2.28. The summed E-state index contributed by atoms with van der Waals surface area (Å²) in [5, 5.41) is 2.64. The van der Waals surface area contributed by atoms with Crippen LogP contribution in [0, 0.1) is 6.92 Å². The molecule has 0 atom stereocenters. The molecule has 178 valence electrons. The quantitative estimate of drug-likeness (QED) is 0.237. The Morgan fingerprint density at radius 3 is 2.43 bits per heavy atom. The number of amides is 2. The van der Waals surface area contributed by atoms with Crippen molar-refractivity contribution in [3.63, 3.8) is 0 Å². The number of aryl methyl sites for hydroxylation is 1. The van der Waals surface area contributed by atoms with E-state index in [1.54, 1.807) is 36.4 Å². The first-order valence-corrected chi connectivity index (χ1v) is 12.2. The van der Waals surface area contributed by atoms with Gasteiger partial charge < -0.3 is 9.47 Å². The summed E-state index contributed by atoms with van der Waals surface area (Å²) in [6, 6.07) is 20.5. The van der Waals surface area contributed by atoms with E-state index in [0.717, 1.165) is 5.56 Å². The molecule has 35 heavy (non-hydrogen) atoms. The van der Waals surface area contributed by atoms with Crippen molar-refractivity contribution in [2.24, 2.45) is 0 Å². The van der Waals surface area contributed by atoms with Crippen LogP contribution in [0.3, 0.4) is 0 Å². The van der Waals surface area contributed by atoms with Crippen molar-refractivity contribution >= 4 is 56.8 Å². The van der Waals surface area contributed by atoms with E-state index in [2.05, 4.69) is 21.2 Å². The number of nitrogens with one attached hydrogen (secondary N) is 1. The Morgan fingerprint density at radius 1 is 1.03 bits per heavy atom. The molecule has 1 heterocycles. The zero-order valence-corrected chi connectivity index (χ0v) is 21.6. The van der Waals surface area contributed by atoms with Gasteiger partial charge in [0.05, 0.1) is 16.8 Å². The lowest BCUT2D eigenvalue weighted by Crippen LogP contribution is -2.54. The Labute approximate surface area is 217 Å². The number of halogens is 1. The van der Waals surface area contributed by atoms with Gasteiger partial charge in [-0.1, -0.05) is 48.0 Å². The normalized spacial score (nSPS) is 14.8. The largest absolute Gasteiger partial charge is 0.490 e. The first-order chi connectivity index (χ1) is 16.9. The molecule has 0 aromatic heterocycles. The minimum absolute atomic E-state index is 0.0369. The van der Waals surface area contributed by atoms with Crippen LogP contribution in [-0.4, -0.2) is 23.5 Å². The maximum atomic E-state index is 13.2. The van der Waals surface area contributed by atoms with Crippen molar-refractivity contribution in [3.8, 4) is 11.5 Å². The van der Waals surface area contributed by atoms with Crippen LogP contribution in [0.1, 0.15) is 23.6 Å². The Balaban J connectivity index is 1.65. The zero-order valence-electron chi connectivity index (χ0n) is 19.2. The zero-order chi connectivity index (χ0) is 24.9. The fraction of sp³-hybridized carbons (Fsp3) is 0.148. The molecule has 1 N–H and O–H groups in total. The van der Waals surface area contributed by atoms with Crippen LogP contribution >= 0.6 is 28.1 Å². The number of carbonyl (C=O) groups excluding carboxylic acids is 2. The third-order valence-corrected chi connectivity index (χ3v) is 6.14. The number of nitrogens with zero attached hydrogens (tertiary/aromatic N) is 1. The number of thiocarbonyl (C=S) groups is 1. The second kappa shape index (κ2) is 10.8. The molecular formula is C27H23BrN2O4S. The summed E-state index contributed by atoms with van der Waals surface area (Å²) in [6.45, 7) is 4.69. The lowest BCUT2D eigenvalue weighted by molar-refractivity contribution is -0.122. The predicted molar refractivity (Wildman–Crippen MR) is 143 cm³/mol. The second-order valence-corrected chi connectivity index (χ2v) is 9.07. The van der Waals surface area contributed by atoms with Gasteiger partial charge in [-0.15, -0.1) is 0 Å². The highest BCUT2D eigenvalue weighted by Gasteiger charge is 2.34. The molecule has 1 aliphatic rings. The highest BCUT2D eigenvalue weighted by atomic mass is 79.9. The number of hydrogen-bond acceptors (Lipinski definition) is 5. The van der Waals surface area contributed by atoms with E-state index in [1.807, 2.05) is 44.2 Å². The van der Waals surface area contributed by atoms with Gasteiger partial charge >= 0.3 is 0 Å². The van der Waals surface area contributed by atoms with E-state index in [0.29, 0.717) is 40.4 Å². The minimum atomic E-state index is -0.555. The van der Waals surface area contributed by atoms with Crippen LogP contribution < -0.4 is 19.7 Å². The van der Waals surface area contributed by atoms with Crippen molar-refractivity contribution in [1.29, 1.82) is 0 Å². The molecule has 4 rings (SSSR count). The number of para-hydroxylation sites is 1. The Hall–Kier alpha value is -3.49. The van der Waals surface area contributed by atoms with Crippen molar-refractivity contribution < 1.29 is 19.1 Å². The molecule has 0 radical (unpaired) electrons. The van der Waals surface area contributed by atoms with Gasteiger partial charge in [-0.3, -0.25) is 19.8 Å². The van der Waals surface area contributed by atoms with Crippen molar-refractivity contribution in [3.05, 3.63) is 93.5 Å². The van der Waals surface area contributed by atoms with Gasteiger partial charge in [0.25, 0.3) is 11.8 Å². The van der Waals surface area contributed by atoms with Crippen LogP contribution in [0.15, 0.2) is 76.8 Å². The summed E-state index contributed by atoms with van der Waals surface area (Å²) in [5.74, 6) is -0.0132. The molecule has 1 aliphatic heterocycles. The average Bonchev–Trinajstić information content (AvgIpc) is 2.83. The van der Waals surface area contributed by atoms with E-state index in [4.69, 9.17) is 21.7 Å². The molecule has 3 aromatic rings. The third-order valence-electron chi connectivity index (χ3n) is 5.26. The summed E-state index contributed by atoms with van der Waals surface area (Å²) in [4.78, 5) is 27.2. The topological polar surface area (TPSA) is 67.9 Å². The molecule has 6 nitrogen and oxygen atoms in total. The van der Waals surface area contributed by atoms with E-state index >= 15 is 0 Å². The molecular weight excluding hydrogens is 528 g/mol. The highest BCUT2D eigenvalue weighted by Crippen LogP contribution is 2.38. The number of benzene rings is 3. The van der Waals surface area contributed by atoms with E-state index < -0.39 is 11.8 Å². The number of ether oxygens (including phenoxy) is 2. The van der Waals surface area contributed by atoms with Crippen molar-refractivity contribution in [2.75, 3.05) is 11.5 Å². The molecule has 8 heteroatoms. The molecule has 2 amide bonds. The van der Waals surface area contributed by atoms with Crippen LogP contribution in [0.2, 0.25) is 0 Å². The molecule has 0 saturated carbocycles. The second-order valence-electron chi connectivity index (χ2n) is 7.83. The highest BCUT2D eigenvalue weighted by molar-refractivity contribution is 9.10. The third kappa shape index (κ3) is 5.61. The van der Waals surface area contributed by atoms with Gasteiger partial charge in [-0.25, -0.2) is 0 Å². The van der Waals surface area contributed by atoms with Crippen LogP contribution in [0.4, 0.5) is 5.69 Å². The number of carbonyl (C=O) groups is 2. The predicted octanol–water partition coefficient (Wildman–Crippen LogP) is 5.57. The van der Waals surface area contributed by atoms with E-state index in [-0.39, 0.29) is 10.7 Å². The standard InChI is InChI=1S/C27H23BrN2O4S/c1-3-33-23-15-19(14-22(28)24(23)34-16-18-11-9-17(2)10-12-18)13-21-25(31)29-27(35)30(26(21)32)20-7-5-4-6-8-20/h4-15H,3,16H2,1-2H3,(H,29,31,35)/b21-13-. The van der Waals surface area contributed by atoms with Gasteiger partial charge in [-0.05, 0) is 83.5 Å². The van der Waals surface area contributed by atoms with E-state index in [1.165, 1.54) is 16.5 Å². The molecule has 1 fully saturated rings. The SMILES string of the molecule is CCOc1cc(/C=C2/C(=O)NC(=S)N(c3ccccc3)C2=O)cc(Br)c1OCc1ccc(C)cc1. The fourth-order valence-electron chi connectivity index (χ4n) is 3.55.